The molecule has 0 unspecified atom stereocenters. The Bertz CT molecular complexity index is 389. The molecular weight excluding hydrogens is 221 g/mol. The van der Waals surface area contributed by atoms with E-state index in [1.54, 1.807) is 6.07 Å². The highest BCUT2D eigenvalue weighted by Crippen LogP contribution is 2.17. The fraction of sp³-hybridized carbons (Fsp3) is 0.462. The number of esters is 1. The minimum absolute atomic E-state index is 0.0385. The lowest BCUT2D eigenvalue weighted by Crippen LogP contribution is -2.17. The highest BCUT2D eigenvalue weighted by Gasteiger charge is 2.13. The molecule has 0 saturated heterocycles. The fourth-order valence-corrected chi connectivity index (χ4v) is 1.61. The molecule has 1 aromatic carbocycles. The van der Waals surface area contributed by atoms with E-state index in [0.29, 0.717) is 6.04 Å². The molecule has 0 aliphatic rings. The summed E-state index contributed by atoms with van der Waals surface area (Å²) in [5.74, 6) is -1.22. The molecule has 0 bridgehead atoms. The van der Waals surface area contributed by atoms with Crippen molar-refractivity contribution in [2.75, 3.05) is 12.4 Å². The second kappa shape index (κ2) is 6.23. The maximum atomic E-state index is 13.4. The molecule has 0 heterocycles. The van der Waals surface area contributed by atoms with Gasteiger partial charge < -0.3 is 10.1 Å². The van der Waals surface area contributed by atoms with Crippen molar-refractivity contribution in [3.63, 3.8) is 0 Å². The smallest absolute Gasteiger partial charge is 0.340 e. The molecule has 0 spiro atoms. The number of ether oxygens (including phenoxy) is 1. The summed E-state index contributed by atoms with van der Waals surface area (Å²) in [6.45, 7) is 4.15. The highest BCUT2D eigenvalue weighted by atomic mass is 19.1. The number of halogens is 1. The van der Waals surface area contributed by atoms with Gasteiger partial charge in [0.1, 0.15) is 5.82 Å². The standard InChI is InChI=1S/C13H18FNO2/c1-4-9(5-2)15-10-6-7-12(14)11(8-10)13(16)17-3/h6-9,15H,4-5H2,1-3H3. The topological polar surface area (TPSA) is 38.3 Å². The lowest BCUT2D eigenvalue weighted by Gasteiger charge is -2.16. The van der Waals surface area contributed by atoms with Gasteiger partial charge in [-0.1, -0.05) is 13.8 Å². The van der Waals surface area contributed by atoms with Gasteiger partial charge in [0.15, 0.2) is 0 Å². The van der Waals surface area contributed by atoms with Gasteiger partial charge in [-0.05, 0) is 31.0 Å². The summed E-state index contributed by atoms with van der Waals surface area (Å²) in [6.07, 6.45) is 1.95. The zero-order chi connectivity index (χ0) is 12.8. The molecule has 0 atom stereocenters. The average molecular weight is 239 g/mol. The first kappa shape index (κ1) is 13.5. The van der Waals surface area contributed by atoms with Crippen LogP contribution in [-0.4, -0.2) is 19.1 Å². The van der Waals surface area contributed by atoms with Crippen LogP contribution in [0, 0.1) is 5.82 Å². The van der Waals surface area contributed by atoms with Crippen molar-refractivity contribution in [3.8, 4) is 0 Å². The molecule has 0 fully saturated rings. The summed E-state index contributed by atoms with van der Waals surface area (Å²) in [4.78, 5) is 11.3. The van der Waals surface area contributed by atoms with Crippen LogP contribution < -0.4 is 5.32 Å². The predicted octanol–water partition coefficient (Wildman–Crippen LogP) is 3.21. The van der Waals surface area contributed by atoms with Gasteiger partial charge in [0, 0.05) is 11.7 Å². The molecule has 4 heteroatoms. The van der Waals surface area contributed by atoms with Crippen LogP contribution in [0.4, 0.5) is 10.1 Å². The molecule has 1 aromatic rings. The third-order valence-corrected chi connectivity index (χ3v) is 2.73. The van der Waals surface area contributed by atoms with Gasteiger partial charge in [-0.3, -0.25) is 0 Å². The van der Waals surface area contributed by atoms with Crippen LogP contribution >= 0.6 is 0 Å². The normalized spacial score (nSPS) is 10.4. The Morgan fingerprint density at radius 2 is 2.06 bits per heavy atom. The predicted molar refractivity (Wildman–Crippen MR) is 65.7 cm³/mol. The fourth-order valence-electron chi connectivity index (χ4n) is 1.61. The Kier molecular flexibility index (Phi) is 4.94. The molecule has 0 aromatic heterocycles. The van der Waals surface area contributed by atoms with E-state index in [9.17, 15) is 9.18 Å². The second-order valence-corrected chi connectivity index (χ2v) is 3.84. The van der Waals surface area contributed by atoms with Gasteiger partial charge >= 0.3 is 5.97 Å². The van der Waals surface area contributed by atoms with Crippen LogP contribution in [0.5, 0.6) is 0 Å². The Hall–Kier alpha value is -1.58. The van der Waals surface area contributed by atoms with Crippen molar-refractivity contribution in [1.82, 2.24) is 0 Å². The van der Waals surface area contributed by atoms with E-state index in [0.717, 1.165) is 18.5 Å². The van der Waals surface area contributed by atoms with Crippen molar-refractivity contribution in [1.29, 1.82) is 0 Å². The van der Waals surface area contributed by atoms with Crippen LogP contribution in [-0.2, 0) is 4.74 Å². The minimum atomic E-state index is -0.657. The number of rotatable bonds is 5. The Balaban J connectivity index is 2.92. The maximum absolute atomic E-state index is 13.4. The van der Waals surface area contributed by atoms with Gasteiger partial charge in [0.25, 0.3) is 0 Å². The first-order valence-electron chi connectivity index (χ1n) is 5.76. The largest absolute Gasteiger partial charge is 0.465 e. The van der Waals surface area contributed by atoms with Crippen molar-refractivity contribution in [3.05, 3.63) is 29.6 Å². The van der Waals surface area contributed by atoms with Gasteiger partial charge in [-0.15, -0.1) is 0 Å². The monoisotopic (exact) mass is 239 g/mol. The van der Waals surface area contributed by atoms with Crippen molar-refractivity contribution < 1.29 is 13.9 Å². The lowest BCUT2D eigenvalue weighted by atomic mass is 10.1. The van der Waals surface area contributed by atoms with Crippen LogP contribution in [0.25, 0.3) is 0 Å². The van der Waals surface area contributed by atoms with E-state index >= 15 is 0 Å². The van der Waals surface area contributed by atoms with E-state index < -0.39 is 11.8 Å². The van der Waals surface area contributed by atoms with E-state index in [2.05, 4.69) is 23.9 Å². The summed E-state index contributed by atoms with van der Waals surface area (Å²) in [7, 11) is 1.24. The van der Waals surface area contributed by atoms with Crippen LogP contribution in [0.2, 0.25) is 0 Å². The zero-order valence-electron chi connectivity index (χ0n) is 10.4. The molecule has 1 rings (SSSR count). The molecule has 1 N–H and O–H groups in total. The molecule has 94 valence electrons. The van der Waals surface area contributed by atoms with Gasteiger partial charge in [-0.2, -0.15) is 0 Å². The molecule has 0 amide bonds. The average Bonchev–Trinajstić information content (AvgIpc) is 2.36. The van der Waals surface area contributed by atoms with E-state index in [1.807, 2.05) is 0 Å². The number of benzene rings is 1. The molecular formula is C13H18FNO2. The van der Waals surface area contributed by atoms with Crippen LogP contribution in [0.3, 0.4) is 0 Å². The first-order chi connectivity index (χ1) is 8.12. The Labute approximate surface area is 101 Å². The number of carbonyl (C=O) groups excluding carboxylic acids is 1. The summed E-state index contributed by atoms with van der Waals surface area (Å²) in [5, 5.41) is 3.25. The van der Waals surface area contributed by atoms with E-state index in [4.69, 9.17) is 0 Å². The molecule has 0 aliphatic carbocycles. The number of carbonyl (C=O) groups is 1. The summed E-state index contributed by atoms with van der Waals surface area (Å²) in [6, 6.07) is 4.71. The molecule has 17 heavy (non-hydrogen) atoms. The first-order valence-corrected chi connectivity index (χ1v) is 5.76. The number of nitrogens with one attached hydrogen (secondary N) is 1. The van der Waals surface area contributed by atoms with Gasteiger partial charge in [0.2, 0.25) is 0 Å². The number of hydrogen-bond donors (Lipinski definition) is 1. The third-order valence-electron chi connectivity index (χ3n) is 2.73. The Morgan fingerprint density at radius 3 is 2.59 bits per heavy atom. The van der Waals surface area contributed by atoms with Crippen molar-refractivity contribution in [2.45, 2.75) is 32.7 Å². The molecule has 0 saturated carbocycles. The van der Waals surface area contributed by atoms with Crippen molar-refractivity contribution >= 4 is 11.7 Å². The molecule has 0 aliphatic heterocycles. The number of hydrogen-bond acceptors (Lipinski definition) is 3. The molecule has 3 nitrogen and oxygen atoms in total. The quantitative estimate of drug-likeness (QED) is 0.802. The van der Waals surface area contributed by atoms with E-state index in [-0.39, 0.29) is 5.56 Å². The summed E-state index contributed by atoms with van der Waals surface area (Å²) < 4.78 is 17.9. The summed E-state index contributed by atoms with van der Waals surface area (Å²) >= 11 is 0. The van der Waals surface area contributed by atoms with Crippen molar-refractivity contribution in [2.24, 2.45) is 0 Å². The highest BCUT2D eigenvalue weighted by molar-refractivity contribution is 5.90. The van der Waals surface area contributed by atoms with E-state index in [1.165, 1.54) is 19.2 Å². The number of methoxy groups -OCH3 is 1. The lowest BCUT2D eigenvalue weighted by molar-refractivity contribution is 0.0595. The minimum Gasteiger partial charge on any atom is -0.465 e. The van der Waals surface area contributed by atoms with Gasteiger partial charge in [0.05, 0.1) is 12.7 Å². The zero-order valence-corrected chi connectivity index (χ0v) is 10.4. The SMILES string of the molecule is CCC(CC)Nc1ccc(F)c(C(=O)OC)c1. The summed E-state index contributed by atoms with van der Waals surface area (Å²) in [5.41, 5.74) is 0.698. The Morgan fingerprint density at radius 1 is 1.41 bits per heavy atom. The van der Waals surface area contributed by atoms with Crippen LogP contribution in [0.1, 0.15) is 37.0 Å². The maximum Gasteiger partial charge on any atom is 0.340 e. The second-order valence-electron chi connectivity index (χ2n) is 3.84. The third kappa shape index (κ3) is 3.44. The van der Waals surface area contributed by atoms with Gasteiger partial charge in [-0.25, -0.2) is 9.18 Å². The molecule has 0 radical (unpaired) electrons. The number of anilines is 1. The van der Waals surface area contributed by atoms with Crippen LogP contribution in [0.15, 0.2) is 18.2 Å².